The molecule has 6 heteroatoms. The molecule has 114 valence electrons. The van der Waals surface area contributed by atoms with Crippen molar-refractivity contribution in [3.63, 3.8) is 0 Å². The second-order valence-corrected chi connectivity index (χ2v) is 6.95. The summed E-state index contributed by atoms with van der Waals surface area (Å²) in [5, 5.41) is 15.0. The first-order valence-electron chi connectivity index (χ1n) is 7.40. The molecule has 0 aromatic carbocycles. The van der Waals surface area contributed by atoms with E-state index in [1.54, 1.807) is 43.0 Å². The van der Waals surface area contributed by atoms with Crippen LogP contribution in [0.15, 0.2) is 29.1 Å². The average molecular weight is 315 g/mol. The lowest BCUT2D eigenvalue weighted by Crippen LogP contribution is -2.30. The van der Waals surface area contributed by atoms with E-state index >= 15 is 0 Å². The van der Waals surface area contributed by atoms with Crippen molar-refractivity contribution in [1.29, 1.82) is 0 Å². The summed E-state index contributed by atoms with van der Waals surface area (Å²) < 4.78 is 5.31. The Balaban J connectivity index is 1.65. The number of hydrogen-bond acceptors (Lipinski definition) is 6. The second kappa shape index (κ2) is 5.07. The molecule has 0 fully saturated rings. The van der Waals surface area contributed by atoms with Gasteiger partial charge in [-0.05, 0) is 43.9 Å². The van der Waals surface area contributed by atoms with E-state index in [0.29, 0.717) is 12.3 Å². The van der Waals surface area contributed by atoms with Crippen LogP contribution in [-0.2, 0) is 18.4 Å². The number of fused-ring (bicyclic) bond motifs is 3. The van der Waals surface area contributed by atoms with Crippen LogP contribution in [0.25, 0.3) is 10.2 Å². The Morgan fingerprint density at radius 1 is 1.41 bits per heavy atom. The second-order valence-electron chi connectivity index (χ2n) is 5.86. The summed E-state index contributed by atoms with van der Waals surface area (Å²) in [5.41, 5.74) is 0.292. The number of hydrogen-bond donors (Lipinski definition) is 2. The van der Waals surface area contributed by atoms with Gasteiger partial charge in [0.2, 0.25) is 0 Å². The summed E-state index contributed by atoms with van der Waals surface area (Å²) >= 11 is 1.76. The molecule has 2 N–H and O–H groups in total. The number of thiophene rings is 1. The van der Waals surface area contributed by atoms with Crippen molar-refractivity contribution in [2.75, 3.05) is 11.9 Å². The molecule has 3 aromatic heterocycles. The molecule has 3 heterocycles. The largest absolute Gasteiger partial charge is 0.466 e. The minimum Gasteiger partial charge on any atom is -0.466 e. The molecular weight excluding hydrogens is 298 g/mol. The Labute approximate surface area is 132 Å². The predicted molar refractivity (Wildman–Crippen MR) is 86.2 cm³/mol. The van der Waals surface area contributed by atoms with Gasteiger partial charge >= 0.3 is 0 Å². The lowest BCUT2D eigenvalue weighted by molar-refractivity contribution is 0.0476. The zero-order valence-corrected chi connectivity index (χ0v) is 13.1. The van der Waals surface area contributed by atoms with E-state index in [0.717, 1.165) is 28.9 Å². The van der Waals surface area contributed by atoms with E-state index in [2.05, 4.69) is 15.3 Å². The van der Waals surface area contributed by atoms with Gasteiger partial charge in [0, 0.05) is 4.88 Å². The lowest BCUT2D eigenvalue weighted by Gasteiger charge is -2.21. The van der Waals surface area contributed by atoms with Crippen molar-refractivity contribution in [2.24, 2.45) is 0 Å². The SMILES string of the molecule is CC(O)(CNc1ncnc2sc3c(c12)CCC3)c1ccco1. The van der Waals surface area contributed by atoms with Gasteiger partial charge in [-0.25, -0.2) is 9.97 Å². The number of rotatable bonds is 4. The van der Waals surface area contributed by atoms with E-state index < -0.39 is 5.60 Å². The van der Waals surface area contributed by atoms with Gasteiger partial charge in [-0.2, -0.15) is 0 Å². The van der Waals surface area contributed by atoms with Crippen LogP contribution in [-0.4, -0.2) is 21.6 Å². The third-order valence-electron chi connectivity index (χ3n) is 4.15. The molecule has 1 unspecified atom stereocenters. The fourth-order valence-electron chi connectivity index (χ4n) is 2.99. The van der Waals surface area contributed by atoms with Crippen molar-refractivity contribution < 1.29 is 9.52 Å². The molecule has 5 nitrogen and oxygen atoms in total. The summed E-state index contributed by atoms with van der Waals surface area (Å²) in [6.07, 6.45) is 6.58. The molecule has 0 saturated carbocycles. The highest BCUT2D eigenvalue weighted by Gasteiger charge is 2.27. The fraction of sp³-hybridized carbons (Fsp3) is 0.375. The van der Waals surface area contributed by atoms with Crippen LogP contribution >= 0.6 is 11.3 Å². The van der Waals surface area contributed by atoms with Gasteiger partial charge < -0.3 is 14.8 Å². The normalized spacial score (nSPS) is 16.6. The zero-order valence-electron chi connectivity index (χ0n) is 12.3. The highest BCUT2D eigenvalue weighted by Crippen LogP contribution is 2.39. The van der Waals surface area contributed by atoms with E-state index in [1.807, 2.05) is 0 Å². The van der Waals surface area contributed by atoms with Crippen molar-refractivity contribution in [3.8, 4) is 0 Å². The Morgan fingerprint density at radius 3 is 3.14 bits per heavy atom. The van der Waals surface area contributed by atoms with E-state index in [-0.39, 0.29) is 0 Å². The number of anilines is 1. The van der Waals surface area contributed by atoms with Gasteiger partial charge in [0.15, 0.2) is 0 Å². The molecule has 0 saturated heterocycles. The molecule has 1 aliphatic rings. The summed E-state index contributed by atoms with van der Waals surface area (Å²) in [4.78, 5) is 11.2. The zero-order chi connectivity index (χ0) is 15.2. The first-order chi connectivity index (χ1) is 10.6. The van der Waals surface area contributed by atoms with Crippen LogP contribution in [0.4, 0.5) is 5.82 Å². The standard InChI is InChI=1S/C16H17N3O2S/c1-16(20,12-6-3-7-21-12)8-17-14-13-10-4-2-5-11(10)22-15(13)19-9-18-14/h3,6-7,9,20H,2,4-5,8H2,1H3,(H,17,18,19). The Bertz CT molecular complexity index is 808. The summed E-state index contributed by atoms with van der Waals surface area (Å²) in [6, 6.07) is 3.55. The van der Waals surface area contributed by atoms with E-state index in [4.69, 9.17) is 4.42 Å². The molecule has 3 aromatic rings. The fourth-order valence-corrected chi connectivity index (χ4v) is 4.22. The van der Waals surface area contributed by atoms with Crippen molar-refractivity contribution in [1.82, 2.24) is 9.97 Å². The molecular formula is C16H17N3O2S. The minimum absolute atomic E-state index is 0.331. The Kier molecular flexibility index (Phi) is 3.16. The number of nitrogens with one attached hydrogen (secondary N) is 1. The lowest BCUT2D eigenvalue weighted by atomic mass is 10.0. The van der Waals surface area contributed by atoms with Gasteiger partial charge in [-0.3, -0.25) is 0 Å². The third kappa shape index (κ3) is 2.19. The summed E-state index contributed by atoms with van der Waals surface area (Å²) in [7, 11) is 0. The van der Waals surface area contributed by atoms with Crippen LogP contribution in [0.1, 0.15) is 29.5 Å². The number of aryl methyl sites for hydroxylation is 2. The molecule has 0 aliphatic heterocycles. The number of aliphatic hydroxyl groups is 1. The van der Waals surface area contributed by atoms with Crippen LogP contribution in [0, 0.1) is 0 Å². The number of aromatic nitrogens is 2. The maximum absolute atomic E-state index is 10.6. The van der Waals surface area contributed by atoms with Crippen molar-refractivity contribution in [2.45, 2.75) is 31.8 Å². The molecule has 4 rings (SSSR count). The molecule has 1 atom stereocenters. The Hall–Kier alpha value is -1.92. The quantitative estimate of drug-likeness (QED) is 0.774. The van der Waals surface area contributed by atoms with Crippen molar-refractivity contribution >= 4 is 27.4 Å². The molecule has 0 radical (unpaired) electrons. The minimum atomic E-state index is -1.08. The van der Waals surface area contributed by atoms with Gasteiger partial charge in [0.05, 0.1) is 18.2 Å². The van der Waals surface area contributed by atoms with Crippen LogP contribution < -0.4 is 5.32 Å². The summed E-state index contributed by atoms with van der Waals surface area (Å²) in [6.45, 7) is 2.06. The van der Waals surface area contributed by atoms with E-state index in [9.17, 15) is 5.11 Å². The van der Waals surface area contributed by atoms with Gasteiger partial charge in [0.1, 0.15) is 28.3 Å². The van der Waals surface area contributed by atoms with Crippen molar-refractivity contribution in [3.05, 3.63) is 40.9 Å². The van der Waals surface area contributed by atoms with Crippen LogP contribution in [0.5, 0.6) is 0 Å². The maximum atomic E-state index is 10.6. The molecule has 1 aliphatic carbocycles. The van der Waals surface area contributed by atoms with Gasteiger partial charge in [-0.1, -0.05) is 0 Å². The summed E-state index contributed by atoms with van der Waals surface area (Å²) in [5.74, 6) is 1.34. The maximum Gasteiger partial charge on any atom is 0.138 e. The first-order valence-corrected chi connectivity index (χ1v) is 8.22. The molecule has 0 amide bonds. The number of nitrogens with zero attached hydrogens (tertiary/aromatic N) is 2. The van der Waals surface area contributed by atoms with Gasteiger partial charge in [0.25, 0.3) is 0 Å². The topological polar surface area (TPSA) is 71.2 Å². The molecule has 0 bridgehead atoms. The van der Waals surface area contributed by atoms with E-state index in [1.165, 1.54) is 16.9 Å². The smallest absolute Gasteiger partial charge is 0.138 e. The molecule has 22 heavy (non-hydrogen) atoms. The monoisotopic (exact) mass is 315 g/mol. The highest BCUT2D eigenvalue weighted by molar-refractivity contribution is 7.19. The van der Waals surface area contributed by atoms with Gasteiger partial charge in [-0.15, -0.1) is 11.3 Å². The third-order valence-corrected chi connectivity index (χ3v) is 5.35. The molecule has 0 spiro atoms. The Morgan fingerprint density at radius 2 is 2.32 bits per heavy atom. The number of furan rings is 1. The van der Waals surface area contributed by atoms with Crippen LogP contribution in [0.2, 0.25) is 0 Å². The van der Waals surface area contributed by atoms with Crippen LogP contribution in [0.3, 0.4) is 0 Å². The predicted octanol–water partition coefficient (Wildman–Crippen LogP) is 3.09. The first kappa shape index (κ1) is 13.7. The average Bonchev–Trinajstić information content (AvgIpc) is 3.20. The highest BCUT2D eigenvalue weighted by atomic mass is 32.1.